The molecular formula is C16H22N2O2S. The maximum absolute atomic E-state index is 12.1. The van der Waals surface area contributed by atoms with Gasteiger partial charge in [0.1, 0.15) is 0 Å². The Morgan fingerprint density at radius 3 is 2.52 bits per heavy atom. The van der Waals surface area contributed by atoms with Gasteiger partial charge in [0.2, 0.25) is 10.0 Å². The molecule has 0 saturated heterocycles. The van der Waals surface area contributed by atoms with Crippen LogP contribution in [-0.4, -0.2) is 26.8 Å². The maximum Gasteiger partial charge on any atom is 0.232 e. The number of sulfonamides is 1. The molecule has 0 spiro atoms. The van der Waals surface area contributed by atoms with Gasteiger partial charge in [0.15, 0.2) is 0 Å². The minimum atomic E-state index is -3.31. The zero-order valence-corrected chi connectivity index (χ0v) is 13.3. The van der Waals surface area contributed by atoms with Gasteiger partial charge in [-0.1, -0.05) is 50.2 Å². The first-order chi connectivity index (χ1) is 9.98. The predicted octanol–water partition coefficient (Wildman–Crippen LogP) is 2.97. The van der Waals surface area contributed by atoms with E-state index in [-0.39, 0.29) is 5.75 Å². The van der Waals surface area contributed by atoms with Crippen LogP contribution in [0.5, 0.6) is 0 Å². The highest BCUT2D eigenvalue weighted by atomic mass is 32.2. The molecule has 0 bridgehead atoms. The standard InChI is InChI=1S/C16H22N2O2S/c1-13(2)17-11-6-12-21(19,20)18-16-10-5-8-14-7-3-4-9-15(14)16/h3-5,7-10,13,17-18H,6,11-12H2,1-2H3. The molecule has 4 nitrogen and oxygen atoms in total. The van der Waals surface area contributed by atoms with Crippen molar-refractivity contribution < 1.29 is 8.42 Å². The lowest BCUT2D eigenvalue weighted by Gasteiger charge is -2.11. The first kappa shape index (κ1) is 15.8. The Balaban J connectivity index is 2.05. The monoisotopic (exact) mass is 306 g/mol. The van der Waals surface area contributed by atoms with Gasteiger partial charge in [0.05, 0.1) is 11.4 Å². The third-order valence-corrected chi connectivity index (χ3v) is 4.55. The molecule has 0 radical (unpaired) electrons. The summed E-state index contributed by atoms with van der Waals surface area (Å²) in [5, 5.41) is 5.17. The van der Waals surface area contributed by atoms with E-state index in [1.807, 2.05) is 50.2 Å². The molecule has 2 rings (SSSR count). The number of fused-ring (bicyclic) bond motifs is 1. The second-order valence-corrected chi connectivity index (χ2v) is 7.25. The van der Waals surface area contributed by atoms with E-state index in [4.69, 9.17) is 0 Å². The predicted molar refractivity (Wildman–Crippen MR) is 89.1 cm³/mol. The lowest BCUT2D eigenvalue weighted by atomic mass is 10.1. The normalized spacial score (nSPS) is 12.0. The summed E-state index contributed by atoms with van der Waals surface area (Å²) in [5.74, 6) is 0.121. The van der Waals surface area contributed by atoms with Crippen molar-refractivity contribution in [3.05, 3.63) is 42.5 Å². The summed E-state index contributed by atoms with van der Waals surface area (Å²) >= 11 is 0. The van der Waals surface area contributed by atoms with Crippen LogP contribution in [0.1, 0.15) is 20.3 Å². The first-order valence-electron chi connectivity index (χ1n) is 7.19. The van der Waals surface area contributed by atoms with Gasteiger partial charge in [-0.15, -0.1) is 0 Å². The van der Waals surface area contributed by atoms with Gasteiger partial charge in [0.25, 0.3) is 0 Å². The molecule has 0 atom stereocenters. The summed E-state index contributed by atoms with van der Waals surface area (Å²) in [7, 11) is -3.31. The van der Waals surface area contributed by atoms with Crippen molar-refractivity contribution in [1.82, 2.24) is 5.32 Å². The molecule has 0 aliphatic carbocycles. The van der Waals surface area contributed by atoms with Gasteiger partial charge in [0, 0.05) is 11.4 Å². The van der Waals surface area contributed by atoms with E-state index >= 15 is 0 Å². The number of nitrogens with one attached hydrogen (secondary N) is 2. The summed E-state index contributed by atoms with van der Waals surface area (Å²) < 4.78 is 27.0. The van der Waals surface area contributed by atoms with E-state index in [2.05, 4.69) is 10.0 Å². The van der Waals surface area contributed by atoms with Crippen LogP contribution in [0.2, 0.25) is 0 Å². The van der Waals surface area contributed by atoms with E-state index in [1.54, 1.807) is 6.07 Å². The summed E-state index contributed by atoms with van der Waals surface area (Å²) in [6, 6.07) is 13.8. The summed E-state index contributed by atoms with van der Waals surface area (Å²) in [6.07, 6.45) is 0.596. The number of anilines is 1. The van der Waals surface area contributed by atoms with Crippen molar-refractivity contribution in [3.63, 3.8) is 0 Å². The quantitative estimate of drug-likeness (QED) is 0.773. The molecule has 0 aliphatic heterocycles. The van der Waals surface area contributed by atoms with Crippen LogP contribution in [-0.2, 0) is 10.0 Å². The smallest absolute Gasteiger partial charge is 0.232 e. The molecule has 0 fully saturated rings. The Bertz CT molecular complexity index is 691. The molecule has 0 heterocycles. The molecule has 0 aromatic heterocycles. The Kier molecular flexibility index (Phi) is 5.20. The highest BCUT2D eigenvalue weighted by Crippen LogP contribution is 2.23. The van der Waals surface area contributed by atoms with Crippen LogP contribution in [0.15, 0.2) is 42.5 Å². The molecule has 2 aromatic carbocycles. The van der Waals surface area contributed by atoms with Crippen LogP contribution in [0.25, 0.3) is 10.8 Å². The Morgan fingerprint density at radius 1 is 1.05 bits per heavy atom. The fourth-order valence-electron chi connectivity index (χ4n) is 2.19. The fraction of sp³-hybridized carbons (Fsp3) is 0.375. The van der Waals surface area contributed by atoms with E-state index in [0.29, 0.717) is 24.7 Å². The molecule has 0 unspecified atom stereocenters. The average molecular weight is 306 g/mol. The van der Waals surface area contributed by atoms with Gasteiger partial charge in [-0.2, -0.15) is 0 Å². The topological polar surface area (TPSA) is 58.2 Å². The summed E-state index contributed by atoms with van der Waals surface area (Å²) in [5.41, 5.74) is 0.643. The van der Waals surface area contributed by atoms with Crippen molar-refractivity contribution in [2.24, 2.45) is 0 Å². The molecule has 2 aromatic rings. The second-order valence-electron chi connectivity index (χ2n) is 5.41. The van der Waals surface area contributed by atoms with Crippen LogP contribution in [0.4, 0.5) is 5.69 Å². The van der Waals surface area contributed by atoms with Gasteiger partial charge < -0.3 is 5.32 Å². The summed E-state index contributed by atoms with van der Waals surface area (Å²) in [4.78, 5) is 0. The highest BCUT2D eigenvalue weighted by Gasteiger charge is 2.11. The minimum absolute atomic E-state index is 0.121. The van der Waals surface area contributed by atoms with Crippen molar-refractivity contribution in [1.29, 1.82) is 0 Å². The molecule has 21 heavy (non-hydrogen) atoms. The molecule has 5 heteroatoms. The van der Waals surface area contributed by atoms with Gasteiger partial charge >= 0.3 is 0 Å². The first-order valence-corrected chi connectivity index (χ1v) is 8.85. The number of rotatable bonds is 7. The lowest BCUT2D eigenvalue weighted by molar-refractivity contribution is 0.571. The Morgan fingerprint density at radius 2 is 1.76 bits per heavy atom. The van der Waals surface area contributed by atoms with Crippen molar-refractivity contribution in [3.8, 4) is 0 Å². The van der Waals surface area contributed by atoms with E-state index in [1.165, 1.54) is 0 Å². The third-order valence-electron chi connectivity index (χ3n) is 3.20. The molecule has 2 N–H and O–H groups in total. The van der Waals surface area contributed by atoms with E-state index in [9.17, 15) is 8.42 Å². The molecule has 114 valence electrons. The van der Waals surface area contributed by atoms with E-state index in [0.717, 1.165) is 10.8 Å². The third kappa shape index (κ3) is 4.72. The minimum Gasteiger partial charge on any atom is -0.314 e. The zero-order valence-electron chi connectivity index (χ0n) is 12.5. The molecular weight excluding hydrogens is 284 g/mol. The van der Waals surface area contributed by atoms with Crippen LogP contribution in [0.3, 0.4) is 0 Å². The van der Waals surface area contributed by atoms with Crippen molar-refractivity contribution >= 4 is 26.5 Å². The Hall–Kier alpha value is -1.59. The van der Waals surface area contributed by atoms with Crippen LogP contribution < -0.4 is 10.0 Å². The largest absolute Gasteiger partial charge is 0.314 e. The zero-order chi connectivity index (χ0) is 15.3. The maximum atomic E-state index is 12.1. The fourth-order valence-corrected chi connectivity index (χ4v) is 3.33. The molecule has 0 saturated carbocycles. The Labute approximate surface area is 126 Å². The second kappa shape index (κ2) is 6.91. The van der Waals surface area contributed by atoms with Crippen molar-refractivity contribution in [2.75, 3.05) is 17.0 Å². The number of hydrogen-bond donors (Lipinski definition) is 2. The molecule has 0 amide bonds. The van der Waals surface area contributed by atoms with Gasteiger partial charge in [-0.25, -0.2) is 8.42 Å². The lowest BCUT2D eigenvalue weighted by Crippen LogP contribution is -2.26. The van der Waals surface area contributed by atoms with Crippen LogP contribution >= 0.6 is 0 Å². The SMILES string of the molecule is CC(C)NCCCS(=O)(=O)Nc1cccc2ccccc12. The van der Waals surface area contributed by atoms with Crippen LogP contribution in [0, 0.1) is 0 Å². The van der Waals surface area contributed by atoms with Crippen molar-refractivity contribution in [2.45, 2.75) is 26.3 Å². The summed E-state index contributed by atoms with van der Waals surface area (Å²) in [6.45, 7) is 4.79. The average Bonchev–Trinajstić information content (AvgIpc) is 2.44. The van der Waals surface area contributed by atoms with E-state index < -0.39 is 10.0 Å². The number of benzene rings is 2. The van der Waals surface area contributed by atoms with Gasteiger partial charge in [-0.05, 0) is 24.4 Å². The number of hydrogen-bond acceptors (Lipinski definition) is 3. The molecule has 0 aliphatic rings. The van der Waals surface area contributed by atoms with Gasteiger partial charge in [-0.3, -0.25) is 4.72 Å². The highest BCUT2D eigenvalue weighted by molar-refractivity contribution is 7.92.